The van der Waals surface area contributed by atoms with Gasteiger partial charge in [-0.2, -0.15) is 13.2 Å². The molecule has 0 saturated carbocycles. The fourth-order valence-corrected chi connectivity index (χ4v) is 2.81. The summed E-state index contributed by atoms with van der Waals surface area (Å²) < 4.78 is 43.1. The molecule has 0 atom stereocenters. The van der Waals surface area contributed by atoms with Crippen LogP contribution in [0, 0.1) is 5.92 Å². The second-order valence-electron chi connectivity index (χ2n) is 7.31. The molecule has 6 heteroatoms. The fraction of sp³-hybridized carbons (Fsp3) is 0.611. The Bertz CT molecular complexity index is 553. The molecule has 1 aromatic carbocycles. The van der Waals surface area contributed by atoms with E-state index in [1.165, 1.54) is 0 Å². The molecule has 1 heterocycles. The van der Waals surface area contributed by atoms with Gasteiger partial charge in [-0.3, -0.25) is 0 Å². The number of carbonyl (C=O) groups excluding carboxylic acids is 1. The molecule has 0 spiro atoms. The predicted octanol–water partition coefficient (Wildman–Crippen LogP) is 4.90. The van der Waals surface area contributed by atoms with E-state index in [0.717, 1.165) is 37.0 Å². The quantitative estimate of drug-likeness (QED) is 0.765. The van der Waals surface area contributed by atoms with Gasteiger partial charge < -0.3 is 9.64 Å². The summed E-state index contributed by atoms with van der Waals surface area (Å²) in [6.07, 6.45) is -2.19. The second kappa shape index (κ2) is 7.03. The van der Waals surface area contributed by atoms with Crippen LogP contribution in [0.4, 0.5) is 18.0 Å². The molecule has 1 aliphatic heterocycles. The second-order valence-corrected chi connectivity index (χ2v) is 7.31. The van der Waals surface area contributed by atoms with Crippen molar-refractivity contribution in [2.75, 3.05) is 13.1 Å². The van der Waals surface area contributed by atoms with E-state index in [-0.39, 0.29) is 6.09 Å². The number of rotatable bonds is 2. The van der Waals surface area contributed by atoms with Crippen LogP contribution in [-0.2, 0) is 17.3 Å². The minimum atomic E-state index is -4.29. The lowest BCUT2D eigenvalue weighted by molar-refractivity contribution is -0.137. The van der Waals surface area contributed by atoms with Gasteiger partial charge in [-0.1, -0.05) is 12.1 Å². The number of hydrogen-bond acceptors (Lipinski definition) is 2. The maximum absolute atomic E-state index is 12.6. The third-order valence-electron chi connectivity index (χ3n) is 4.07. The standard InChI is InChI=1S/C18H24F3NO2/c1-17(2,3)24-16(23)22-10-8-14(9-11-22)12-13-4-6-15(7-5-13)18(19,20)21/h4-7,14H,8-12H2,1-3H3. The van der Waals surface area contributed by atoms with Gasteiger partial charge in [-0.15, -0.1) is 0 Å². The van der Waals surface area contributed by atoms with Crippen molar-refractivity contribution in [2.45, 2.75) is 51.8 Å². The third kappa shape index (κ3) is 5.42. The minimum absolute atomic E-state index is 0.296. The van der Waals surface area contributed by atoms with Crippen molar-refractivity contribution in [1.82, 2.24) is 4.90 Å². The largest absolute Gasteiger partial charge is 0.444 e. The molecule has 0 unspecified atom stereocenters. The molecule has 1 saturated heterocycles. The van der Waals surface area contributed by atoms with Crippen LogP contribution >= 0.6 is 0 Å². The molecule has 0 N–H and O–H groups in total. The Balaban J connectivity index is 1.84. The molecule has 24 heavy (non-hydrogen) atoms. The molecule has 0 radical (unpaired) electrons. The van der Waals surface area contributed by atoms with Crippen LogP contribution in [0.3, 0.4) is 0 Å². The molecule has 3 nitrogen and oxygen atoms in total. The maximum atomic E-state index is 12.6. The van der Waals surface area contributed by atoms with E-state index in [0.29, 0.717) is 19.0 Å². The highest BCUT2D eigenvalue weighted by Crippen LogP contribution is 2.30. The number of likely N-dealkylation sites (tertiary alicyclic amines) is 1. The molecule has 0 bridgehead atoms. The Kier molecular flexibility index (Phi) is 5.45. The molecule has 0 aromatic heterocycles. The lowest BCUT2D eigenvalue weighted by atomic mass is 9.90. The number of nitrogens with zero attached hydrogens (tertiary/aromatic N) is 1. The minimum Gasteiger partial charge on any atom is -0.444 e. The maximum Gasteiger partial charge on any atom is 0.416 e. The summed E-state index contributed by atoms with van der Waals surface area (Å²) in [5.74, 6) is 0.375. The van der Waals surface area contributed by atoms with Crippen molar-refractivity contribution in [3.8, 4) is 0 Å². The highest BCUT2D eigenvalue weighted by atomic mass is 19.4. The zero-order valence-corrected chi connectivity index (χ0v) is 14.3. The van der Waals surface area contributed by atoms with Crippen molar-refractivity contribution in [2.24, 2.45) is 5.92 Å². The van der Waals surface area contributed by atoms with Gasteiger partial charge in [0, 0.05) is 13.1 Å². The number of alkyl halides is 3. The van der Waals surface area contributed by atoms with E-state index in [9.17, 15) is 18.0 Å². The molecule has 2 rings (SSSR count). The van der Waals surface area contributed by atoms with Gasteiger partial charge in [0.05, 0.1) is 5.56 Å². The van der Waals surface area contributed by atoms with Crippen LogP contribution in [0.15, 0.2) is 24.3 Å². The zero-order valence-electron chi connectivity index (χ0n) is 14.3. The Labute approximate surface area is 140 Å². The van der Waals surface area contributed by atoms with Gasteiger partial charge in [0.25, 0.3) is 0 Å². The van der Waals surface area contributed by atoms with Crippen LogP contribution in [0.2, 0.25) is 0 Å². The smallest absolute Gasteiger partial charge is 0.416 e. The van der Waals surface area contributed by atoms with E-state index < -0.39 is 17.3 Å². The number of hydrogen-bond donors (Lipinski definition) is 0. The summed E-state index contributed by atoms with van der Waals surface area (Å²) in [5, 5.41) is 0. The number of carbonyl (C=O) groups is 1. The first-order chi connectivity index (χ1) is 11.0. The molecule has 134 valence electrons. The molecule has 1 aromatic rings. The highest BCUT2D eigenvalue weighted by Gasteiger charge is 2.30. The Morgan fingerprint density at radius 1 is 1.12 bits per heavy atom. The lowest BCUT2D eigenvalue weighted by Gasteiger charge is -2.33. The SMILES string of the molecule is CC(C)(C)OC(=O)N1CCC(Cc2ccc(C(F)(F)F)cc2)CC1. The molecular formula is C18H24F3NO2. The molecule has 1 fully saturated rings. The molecule has 1 amide bonds. The van der Waals surface area contributed by atoms with Crippen molar-refractivity contribution < 1.29 is 22.7 Å². The van der Waals surface area contributed by atoms with Crippen LogP contribution in [-0.4, -0.2) is 29.7 Å². The Morgan fingerprint density at radius 3 is 2.12 bits per heavy atom. The molecular weight excluding hydrogens is 319 g/mol. The first-order valence-electron chi connectivity index (χ1n) is 8.19. The van der Waals surface area contributed by atoms with Gasteiger partial charge in [-0.25, -0.2) is 4.79 Å². The highest BCUT2D eigenvalue weighted by molar-refractivity contribution is 5.68. The van der Waals surface area contributed by atoms with Gasteiger partial charge in [0.1, 0.15) is 5.60 Å². The summed E-state index contributed by atoms with van der Waals surface area (Å²) in [5.41, 5.74) is -0.224. The Morgan fingerprint density at radius 2 is 1.67 bits per heavy atom. The summed E-state index contributed by atoms with van der Waals surface area (Å²) in [6, 6.07) is 5.35. The molecule has 1 aliphatic rings. The van der Waals surface area contributed by atoms with Crippen LogP contribution in [0.5, 0.6) is 0 Å². The van der Waals surface area contributed by atoms with Crippen molar-refractivity contribution in [3.63, 3.8) is 0 Å². The summed E-state index contributed by atoms with van der Waals surface area (Å²) in [6.45, 7) is 6.76. The average Bonchev–Trinajstić information content (AvgIpc) is 2.46. The Hall–Kier alpha value is -1.72. The molecule has 0 aliphatic carbocycles. The average molecular weight is 343 g/mol. The topological polar surface area (TPSA) is 29.5 Å². The van der Waals surface area contributed by atoms with E-state index in [2.05, 4.69) is 0 Å². The van der Waals surface area contributed by atoms with Crippen molar-refractivity contribution >= 4 is 6.09 Å². The first kappa shape index (κ1) is 18.6. The first-order valence-corrected chi connectivity index (χ1v) is 8.19. The van der Waals surface area contributed by atoms with Crippen molar-refractivity contribution in [1.29, 1.82) is 0 Å². The lowest BCUT2D eigenvalue weighted by Crippen LogP contribution is -2.42. The summed E-state index contributed by atoms with van der Waals surface area (Å²) >= 11 is 0. The van der Waals surface area contributed by atoms with E-state index in [4.69, 9.17) is 4.74 Å². The number of amides is 1. The predicted molar refractivity (Wildman–Crippen MR) is 85.7 cm³/mol. The van der Waals surface area contributed by atoms with Gasteiger partial charge >= 0.3 is 12.3 Å². The van der Waals surface area contributed by atoms with Crippen molar-refractivity contribution in [3.05, 3.63) is 35.4 Å². The van der Waals surface area contributed by atoms with E-state index in [1.807, 2.05) is 20.8 Å². The number of ether oxygens (including phenoxy) is 1. The number of piperidine rings is 1. The van der Waals surface area contributed by atoms with Crippen LogP contribution in [0.25, 0.3) is 0 Å². The normalized spacial score (nSPS) is 17.0. The van der Waals surface area contributed by atoms with Crippen LogP contribution < -0.4 is 0 Å². The van der Waals surface area contributed by atoms with Gasteiger partial charge in [0.15, 0.2) is 0 Å². The van der Waals surface area contributed by atoms with Gasteiger partial charge in [-0.05, 0) is 63.6 Å². The third-order valence-corrected chi connectivity index (χ3v) is 4.07. The zero-order chi connectivity index (χ0) is 18.0. The fourth-order valence-electron chi connectivity index (χ4n) is 2.81. The summed E-state index contributed by atoms with van der Waals surface area (Å²) in [7, 11) is 0. The number of benzene rings is 1. The summed E-state index contributed by atoms with van der Waals surface area (Å²) in [4.78, 5) is 13.7. The van der Waals surface area contributed by atoms with Gasteiger partial charge in [0.2, 0.25) is 0 Å². The van der Waals surface area contributed by atoms with E-state index in [1.54, 1.807) is 17.0 Å². The monoisotopic (exact) mass is 343 g/mol. The van der Waals surface area contributed by atoms with E-state index >= 15 is 0 Å². The van der Waals surface area contributed by atoms with Crippen LogP contribution in [0.1, 0.15) is 44.7 Å². The number of halogens is 3.